The lowest BCUT2D eigenvalue weighted by Gasteiger charge is -2.44. The van der Waals surface area contributed by atoms with Crippen molar-refractivity contribution in [2.75, 3.05) is 10.2 Å². The van der Waals surface area contributed by atoms with E-state index >= 15 is 0 Å². The monoisotopic (exact) mass is 986 g/mol. The number of thiophene rings is 2. The Morgan fingerprint density at radius 2 is 1.10 bits per heavy atom. The number of hydrogen-bond acceptors (Lipinski definition) is 4. The number of nitrogens with zero attached hydrogens (tertiary/aromatic N) is 1. The molecule has 0 radical (unpaired) electrons. The summed E-state index contributed by atoms with van der Waals surface area (Å²) in [7, 11) is 0.844. The smallest absolute Gasteiger partial charge is 0.211 e. The molecule has 5 heteroatoms. The molecule has 73 heavy (non-hydrogen) atoms. The van der Waals surface area contributed by atoms with Crippen LogP contribution in [-0.4, -0.2) is 7.28 Å². The van der Waals surface area contributed by atoms with Gasteiger partial charge < -0.3 is 10.2 Å². The SMILES string of the molecule is Cc1cc(C)c(-c2cc(-c3c(Nc4cccc5c4sc4ccccc45)ccc4ccccc34)c3c(c2)N(c2cc4c(cc2C)C(C)(C)CCC4(C)C)c2c(sc4cc5c(cc24)C(C)(C)CCC5(C)C)B3)c(C)c1. The van der Waals surface area contributed by atoms with Gasteiger partial charge in [-0.3, -0.25) is 0 Å². The molecule has 10 aromatic rings. The van der Waals surface area contributed by atoms with Gasteiger partial charge in [-0.2, -0.15) is 0 Å². The molecule has 0 atom stereocenters. The molecule has 0 fully saturated rings. The number of hydrogen-bond donors (Lipinski definition) is 1. The van der Waals surface area contributed by atoms with Crippen LogP contribution in [0.3, 0.4) is 0 Å². The molecule has 0 amide bonds. The quantitative estimate of drug-likeness (QED) is 0.173. The molecule has 364 valence electrons. The topological polar surface area (TPSA) is 15.3 Å². The first-order valence-corrected chi connectivity index (χ1v) is 28.4. The third kappa shape index (κ3) is 7.22. The highest BCUT2D eigenvalue weighted by Gasteiger charge is 2.42. The highest BCUT2D eigenvalue weighted by molar-refractivity contribution is 7.29. The number of anilines is 5. The Morgan fingerprint density at radius 3 is 1.81 bits per heavy atom. The summed E-state index contributed by atoms with van der Waals surface area (Å²) >= 11 is 3.92. The number of nitrogens with one attached hydrogen (secondary N) is 1. The molecule has 8 aromatic carbocycles. The van der Waals surface area contributed by atoms with Crippen LogP contribution in [0.1, 0.15) is 126 Å². The van der Waals surface area contributed by atoms with Crippen LogP contribution in [0.25, 0.3) is 63.3 Å². The van der Waals surface area contributed by atoms with E-state index in [1.807, 2.05) is 22.7 Å². The predicted molar refractivity (Wildman–Crippen MR) is 323 cm³/mol. The molecule has 2 nitrogen and oxygen atoms in total. The summed E-state index contributed by atoms with van der Waals surface area (Å²) in [6.07, 6.45) is 4.75. The minimum Gasteiger partial charge on any atom is -0.354 e. The molecule has 0 unspecified atom stereocenters. The summed E-state index contributed by atoms with van der Waals surface area (Å²) in [6.45, 7) is 29.1. The zero-order chi connectivity index (χ0) is 50.7. The van der Waals surface area contributed by atoms with Crippen molar-refractivity contribution in [1.82, 2.24) is 0 Å². The Labute approximate surface area is 441 Å². The minimum absolute atomic E-state index is 0.0457. The van der Waals surface area contributed by atoms with Gasteiger partial charge >= 0.3 is 0 Å². The second-order valence-electron chi connectivity index (χ2n) is 24.9. The molecule has 0 spiro atoms. The average molecular weight is 987 g/mol. The Hall–Kier alpha value is -6.14. The van der Waals surface area contributed by atoms with Gasteiger partial charge in [-0.1, -0.05) is 140 Å². The first kappa shape index (κ1) is 46.6. The summed E-state index contributed by atoms with van der Waals surface area (Å²) < 4.78 is 5.44. The number of benzene rings is 8. The zero-order valence-corrected chi connectivity index (χ0v) is 46.6. The largest absolute Gasteiger partial charge is 0.354 e. The maximum Gasteiger partial charge on any atom is 0.211 e. The lowest BCUT2D eigenvalue weighted by Crippen LogP contribution is -2.40. The summed E-state index contributed by atoms with van der Waals surface area (Å²) in [5.74, 6) is 0. The van der Waals surface area contributed by atoms with E-state index in [1.165, 1.54) is 161 Å². The average Bonchev–Trinajstić information content (AvgIpc) is 3.91. The maximum absolute atomic E-state index is 4.15. The standard InChI is InChI=1S/C68H67BN2S2/c1-38-30-40(3)59(41(4)31-38)43-33-48(60-44-19-14-13-18-42(44)24-25-53(60)70-54-22-17-21-46-45-20-15-16-23-57(45)72-63(46)54)61-56(34-43)71(55-36-51-49(32-39(55)2)65(5,6)26-28-67(51,9)10)62-47-35-50-52(37-58(47)73-64(62)69-61)68(11,12)29-27-66(50,7)8/h13-25,30-37,69-70H,26-29H2,1-12H3. The number of aryl methyl sites for hydroxylation is 4. The summed E-state index contributed by atoms with van der Waals surface area (Å²) in [5, 5.41) is 10.7. The summed E-state index contributed by atoms with van der Waals surface area (Å²) in [4.78, 5) is 2.77. The van der Waals surface area contributed by atoms with Gasteiger partial charge in [0.1, 0.15) is 0 Å². The van der Waals surface area contributed by atoms with Gasteiger partial charge in [-0.05, 0) is 200 Å². The van der Waals surface area contributed by atoms with Crippen molar-refractivity contribution in [2.45, 2.75) is 130 Å². The Bertz CT molecular complexity index is 3960. The summed E-state index contributed by atoms with van der Waals surface area (Å²) in [5.41, 5.74) is 24.4. The zero-order valence-electron chi connectivity index (χ0n) is 44.9. The molecule has 0 saturated carbocycles. The van der Waals surface area contributed by atoms with E-state index < -0.39 is 0 Å². The highest BCUT2D eigenvalue weighted by atomic mass is 32.1. The van der Waals surface area contributed by atoms with Crippen LogP contribution in [0.15, 0.2) is 127 Å². The van der Waals surface area contributed by atoms with Crippen LogP contribution in [0.2, 0.25) is 0 Å². The molecular formula is C68H67BN2S2. The van der Waals surface area contributed by atoms with Gasteiger partial charge in [0.25, 0.3) is 0 Å². The van der Waals surface area contributed by atoms with E-state index in [0.717, 1.165) is 18.7 Å². The molecule has 2 aromatic heterocycles. The van der Waals surface area contributed by atoms with Crippen molar-refractivity contribution in [3.63, 3.8) is 0 Å². The fourth-order valence-electron chi connectivity index (χ4n) is 13.7. The first-order chi connectivity index (χ1) is 34.8. The molecule has 1 aliphatic heterocycles. The highest BCUT2D eigenvalue weighted by Crippen LogP contribution is 2.55. The van der Waals surface area contributed by atoms with Crippen molar-refractivity contribution in [3.05, 3.63) is 172 Å². The van der Waals surface area contributed by atoms with Crippen LogP contribution in [0, 0.1) is 27.7 Å². The van der Waals surface area contributed by atoms with Crippen molar-refractivity contribution < 1.29 is 0 Å². The second kappa shape index (κ2) is 16.2. The molecule has 13 rings (SSSR count). The molecule has 0 saturated heterocycles. The molecule has 3 heterocycles. The van der Waals surface area contributed by atoms with E-state index in [2.05, 4.69) is 221 Å². The van der Waals surface area contributed by atoms with Gasteiger partial charge in [0.15, 0.2) is 0 Å². The molecule has 1 N–H and O–H groups in total. The first-order valence-electron chi connectivity index (χ1n) is 26.8. The molecule has 3 aliphatic rings. The van der Waals surface area contributed by atoms with Crippen molar-refractivity contribution in [1.29, 1.82) is 0 Å². The van der Waals surface area contributed by atoms with E-state index in [0.29, 0.717) is 0 Å². The van der Waals surface area contributed by atoms with Crippen molar-refractivity contribution >= 4 is 110 Å². The fraction of sp³-hybridized carbons (Fsp3) is 0.294. The van der Waals surface area contributed by atoms with Gasteiger partial charge in [0.05, 0.1) is 16.1 Å². The van der Waals surface area contributed by atoms with Crippen molar-refractivity contribution in [2.24, 2.45) is 0 Å². The van der Waals surface area contributed by atoms with E-state index in [9.17, 15) is 0 Å². The van der Waals surface area contributed by atoms with E-state index in [4.69, 9.17) is 0 Å². The third-order valence-electron chi connectivity index (χ3n) is 18.0. The van der Waals surface area contributed by atoms with E-state index in [1.54, 1.807) is 0 Å². The van der Waals surface area contributed by atoms with Crippen LogP contribution in [0.5, 0.6) is 0 Å². The van der Waals surface area contributed by atoms with Crippen LogP contribution in [0.4, 0.5) is 28.4 Å². The predicted octanol–water partition coefficient (Wildman–Crippen LogP) is 18.6. The Morgan fingerprint density at radius 1 is 0.479 bits per heavy atom. The van der Waals surface area contributed by atoms with Gasteiger partial charge in [0, 0.05) is 48.2 Å². The lowest BCUT2D eigenvalue weighted by molar-refractivity contribution is 0.332. The Balaban J connectivity index is 1.15. The van der Waals surface area contributed by atoms with Crippen LogP contribution >= 0.6 is 22.7 Å². The van der Waals surface area contributed by atoms with Gasteiger partial charge in [-0.15, -0.1) is 22.7 Å². The van der Waals surface area contributed by atoms with E-state index in [-0.39, 0.29) is 21.7 Å². The molecule has 0 bridgehead atoms. The van der Waals surface area contributed by atoms with Crippen LogP contribution in [-0.2, 0) is 21.7 Å². The molecular weight excluding hydrogens is 920 g/mol. The normalized spacial score (nSPS) is 17.1. The number of rotatable bonds is 5. The fourth-order valence-corrected chi connectivity index (χ4v) is 16.1. The second-order valence-corrected chi connectivity index (χ2v) is 27.1. The third-order valence-corrected chi connectivity index (χ3v) is 20.3. The lowest BCUT2D eigenvalue weighted by atomic mass is 9.60. The van der Waals surface area contributed by atoms with Gasteiger partial charge in [-0.25, -0.2) is 0 Å². The maximum atomic E-state index is 4.15. The number of fused-ring (bicyclic) bond motifs is 10. The van der Waals surface area contributed by atoms with Gasteiger partial charge in [0.2, 0.25) is 7.28 Å². The Kier molecular flexibility index (Phi) is 10.3. The molecule has 2 aliphatic carbocycles. The van der Waals surface area contributed by atoms with Crippen molar-refractivity contribution in [3.8, 4) is 22.3 Å². The van der Waals surface area contributed by atoms with Crippen LogP contribution < -0.4 is 20.5 Å². The summed E-state index contributed by atoms with van der Waals surface area (Å²) in [6, 6.07) is 49.8. The minimum atomic E-state index is 0.0457.